The Labute approximate surface area is 141 Å². The summed E-state index contributed by atoms with van der Waals surface area (Å²) in [5.74, 6) is -1.01. The summed E-state index contributed by atoms with van der Waals surface area (Å²) in [4.78, 5) is 11.5. The Hall–Kier alpha value is -2.18. The Bertz CT molecular complexity index is 876. The van der Waals surface area contributed by atoms with Crippen molar-refractivity contribution in [2.75, 3.05) is 6.54 Å². The molecule has 0 saturated carbocycles. The van der Waals surface area contributed by atoms with E-state index in [1.165, 1.54) is 4.31 Å². The Kier molecular flexibility index (Phi) is 4.43. The maximum atomic E-state index is 13.1. The molecule has 24 heavy (non-hydrogen) atoms. The lowest BCUT2D eigenvalue weighted by atomic mass is 9.92. The number of hydrogen-bond donors (Lipinski definition) is 1. The number of sulfonamides is 1. The van der Waals surface area contributed by atoms with E-state index in [-0.39, 0.29) is 17.9 Å². The van der Waals surface area contributed by atoms with E-state index in [4.69, 9.17) is 0 Å². The van der Waals surface area contributed by atoms with Crippen molar-refractivity contribution in [3.8, 4) is 0 Å². The number of carbonyl (C=O) groups is 1. The van der Waals surface area contributed by atoms with Crippen molar-refractivity contribution in [2.24, 2.45) is 0 Å². The molecule has 126 valence electrons. The Morgan fingerprint density at radius 1 is 1.21 bits per heavy atom. The molecule has 0 amide bonds. The molecule has 0 radical (unpaired) electrons. The molecule has 1 heterocycles. The minimum absolute atomic E-state index is 0.206. The van der Waals surface area contributed by atoms with Gasteiger partial charge in [-0.05, 0) is 42.2 Å². The van der Waals surface area contributed by atoms with Gasteiger partial charge in [-0.1, -0.05) is 36.4 Å². The van der Waals surface area contributed by atoms with Crippen molar-refractivity contribution in [1.82, 2.24) is 4.31 Å². The molecule has 0 aliphatic carbocycles. The van der Waals surface area contributed by atoms with Crippen LogP contribution in [0.15, 0.2) is 53.4 Å². The van der Waals surface area contributed by atoms with Crippen molar-refractivity contribution in [2.45, 2.75) is 30.7 Å². The van der Waals surface area contributed by atoms with Crippen molar-refractivity contribution in [3.05, 3.63) is 65.2 Å². The Morgan fingerprint density at radius 2 is 1.96 bits per heavy atom. The summed E-state index contributed by atoms with van der Waals surface area (Å²) in [5.41, 5.74) is 2.64. The first-order valence-electron chi connectivity index (χ1n) is 7.77. The van der Waals surface area contributed by atoms with E-state index in [9.17, 15) is 18.3 Å². The SMILES string of the molecule is Cc1cccc(S(=O)(=O)N2CCc3ccccc3C2CC(=O)O)c1. The van der Waals surface area contributed by atoms with Crippen LogP contribution in [0.1, 0.15) is 29.2 Å². The van der Waals surface area contributed by atoms with Crippen LogP contribution in [0.3, 0.4) is 0 Å². The van der Waals surface area contributed by atoms with E-state index < -0.39 is 22.0 Å². The standard InChI is InChI=1S/C18H19NO4S/c1-13-5-4-7-15(11-13)24(22,23)19-10-9-14-6-2-3-8-16(14)17(19)12-18(20)21/h2-8,11,17H,9-10,12H2,1H3,(H,20,21). The van der Waals surface area contributed by atoms with Crippen LogP contribution in [0, 0.1) is 6.92 Å². The molecule has 0 fully saturated rings. The number of carboxylic acid groups (broad SMARTS) is 1. The normalized spacial score (nSPS) is 18.1. The number of carboxylic acids is 1. The summed E-state index contributed by atoms with van der Waals surface area (Å²) in [6.45, 7) is 2.12. The summed E-state index contributed by atoms with van der Waals surface area (Å²) in [7, 11) is -3.75. The van der Waals surface area contributed by atoms with Crippen molar-refractivity contribution in [3.63, 3.8) is 0 Å². The second kappa shape index (κ2) is 6.37. The second-order valence-electron chi connectivity index (χ2n) is 5.99. The van der Waals surface area contributed by atoms with Crippen LogP contribution in [-0.2, 0) is 21.2 Å². The molecule has 1 N–H and O–H groups in total. The van der Waals surface area contributed by atoms with Gasteiger partial charge in [-0.25, -0.2) is 8.42 Å². The van der Waals surface area contributed by atoms with Gasteiger partial charge < -0.3 is 5.11 Å². The molecule has 0 saturated heterocycles. The van der Waals surface area contributed by atoms with Gasteiger partial charge in [0.05, 0.1) is 17.4 Å². The first-order valence-corrected chi connectivity index (χ1v) is 9.22. The molecule has 0 aromatic heterocycles. The molecule has 1 aliphatic rings. The molecule has 2 aromatic rings. The van der Waals surface area contributed by atoms with E-state index in [2.05, 4.69) is 0 Å². The lowest BCUT2D eigenvalue weighted by molar-refractivity contribution is -0.138. The molecule has 5 nitrogen and oxygen atoms in total. The third-order valence-electron chi connectivity index (χ3n) is 4.33. The molecule has 0 bridgehead atoms. The first-order chi connectivity index (χ1) is 11.4. The molecule has 1 aliphatic heterocycles. The zero-order chi connectivity index (χ0) is 17.3. The molecule has 0 spiro atoms. The van der Waals surface area contributed by atoms with Gasteiger partial charge in [0, 0.05) is 6.54 Å². The lowest BCUT2D eigenvalue weighted by Crippen LogP contribution is -2.40. The second-order valence-corrected chi connectivity index (χ2v) is 7.89. The zero-order valence-corrected chi connectivity index (χ0v) is 14.2. The number of rotatable bonds is 4. The van der Waals surface area contributed by atoms with Gasteiger partial charge >= 0.3 is 5.97 Å². The fraction of sp³-hybridized carbons (Fsp3) is 0.278. The van der Waals surface area contributed by atoms with Crippen LogP contribution in [0.2, 0.25) is 0 Å². The summed E-state index contributed by atoms with van der Waals surface area (Å²) >= 11 is 0. The summed E-state index contributed by atoms with van der Waals surface area (Å²) in [6.07, 6.45) is 0.333. The van der Waals surface area contributed by atoms with Crippen molar-refractivity contribution in [1.29, 1.82) is 0 Å². The highest BCUT2D eigenvalue weighted by Crippen LogP contribution is 2.36. The first kappa shape index (κ1) is 16.7. The summed E-state index contributed by atoms with van der Waals surface area (Å²) in [5, 5.41) is 9.27. The smallest absolute Gasteiger partial charge is 0.305 e. The fourth-order valence-electron chi connectivity index (χ4n) is 3.20. The third kappa shape index (κ3) is 3.07. The molecular formula is C18H19NO4S. The molecule has 2 aromatic carbocycles. The average Bonchev–Trinajstić information content (AvgIpc) is 2.54. The molecular weight excluding hydrogens is 326 g/mol. The van der Waals surface area contributed by atoms with E-state index in [1.807, 2.05) is 37.3 Å². The number of fused-ring (bicyclic) bond motifs is 1. The zero-order valence-electron chi connectivity index (χ0n) is 13.3. The summed E-state index contributed by atoms with van der Waals surface area (Å²) < 4.78 is 27.5. The predicted molar refractivity (Wildman–Crippen MR) is 90.2 cm³/mol. The molecule has 1 unspecified atom stereocenters. The number of benzene rings is 2. The highest BCUT2D eigenvalue weighted by molar-refractivity contribution is 7.89. The van der Waals surface area contributed by atoms with Crippen molar-refractivity contribution < 1.29 is 18.3 Å². The quantitative estimate of drug-likeness (QED) is 0.924. The minimum Gasteiger partial charge on any atom is -0.481 e. The van der Waals surface area contributed by atoms with E-state index in [1.54, 1.807) is 18.2 Å². The molecule has 6 heteroatoms. The van der Waals surface area contributed by atoms with Gasteiger partial charge in [0.1, 0.15) is 0 Å². The van der Waals surface area contributed by atoms with Gasteiger partial charge in [-0.3, -0.25) is 4.79 Å². The predicted octanol–water partition coefficient (Wildman–Crippen LogP) is 2.76. The van der Waals surface area contributed by atoms with Gasteiger partial charge in [-0.15, -0.1) is 0 Å². The summed E-state index contributed by atoms with van der Waals surface area (Å²) in [6, 6.07) is 13.5. The lowest BCUT2D eigenvalue weighted by Gasteiger charge is -2.35. The molecule has 1 atom stereocenters. The third-order valence-corrected chi connectivity index (χ3v) is 6.23. The van der Waals surface area contributed by atoms with Crippen LogP contribution in [-0.4, -0.2) is 30.3 Å². The highest BCUT2D eigenvalue weighted by Gasteiger charge is 2.37. The van der Waals surface area contributed by atoms with Crippen LogP contribution in [0.25, 0.3) is 0 Å². The number of nitrogens with zero attached hydrogens (tertiary/aromatic N) is 1. The average molecular weight is 345 g/mol. The topological polar surface area (TPSA) is 74.7 Å². The van der Waals surface area contributed by atoms with E-state index in [0.29, 0.717) is 6.42 Å². The monoisotopic (exact) mass is 345 g/mol. The maximum absolute atomic E-state index is 13.1. The number of hydrogen-bond acceptors (Lipinski definition) is 3. The van der Waals surface area contributed by atoms with Gasteiger partial charge in [-0.2, -0.15) is 4.31 Å². The Morgan fingerprint density at radius 3 is 2.67 bits per heavy atom. The van der Waals surface area contributed by atoms with Crippen molar-refractivity contribution >= 4 is 16.0 Å². The van der Waals surface area contributed by atoms with E-state index >= 15 is 0 Å². The highest BCUT2D eigenvalue weighted by atomic mass is 32.2. The van der Waals surface area contributed by atoms with Crippen LogP contribution in [0.4, 0.5) is 0 Å². The number of aryl methyl sites for hydroxylation is 1. The number of aliphatic carboxylic acids is 1. The van der Waals surface area contributed by atoms with Gasteiger partial charge in [0.15, 0.2) is 0 Å². The maximum Gasteiger partial charge on any atom is 0.305 e. The van der Waals surface area contributed by atoms with Crippen LogP contribution >= 0.6 is 0 Å². The van der Waals surface area contributed by atoms with Crippen LogP contribution < -0.4 is 0 Å². The van der Waals surface area contributed by atoms with Gasteiger partial charge in [0.2, 0.25) is 10.0 Å². The molecule has 3 rings (SSSR count). The minimum atomic E-state index is -3.75. The van der Waals surface area contributed by atoms with Crippen LogP contribution in [0.5, 0.6) is 0 Å². The van der Waals surface area contributed by atoms with Gasteiger partial charge in [0.25, 0.3) is 0 Å². The largest absolute Gasteiger partial charge is 0.481 e. The van der Waals surface area contributed by atoms with E-state index in [0.717, 1.165) is 16.7 Å². The fourth-order valence-corrected chi connectivity index (χ4v) is 4.92. The Balaban J connectivity index is 2.07.